The maximum Gasteiger partial charge on any atom is 0.317 e. The minimum Gasteiger partial charge on any atom is -0.383 e. The van der Waals surface area contributed by atoms with Crippen LogP contribution in [-0.4, -0.2) is 86.2 Å². The van der Waals surface area contributed by atoms with E-state index in [9.17, 15) is 22.4 Å². The van der Waals surface area contributed by atoms with Gasteiger partial charge in [-0.1, -0.05) is 42.5 Å². The maximum atomic E-state index is 13.9. The third-order valence-electron chi connectivity index (χ3n) is 6.66. The lowest BCUT2D eigenvalue weighted by molar-refractivity contribution is -0.135. The number of carbonyl (C=O) groups is 2. The van der Waals surface area contributed by atoms with Gasteiger partial charge in [0.2, 0.25) is 15.9 Å². The zero-order valence-electron chi connectivity index (χ0n) is 22.0. The molecule has 1 saturated heterocycles. The molecule has 1 heterocycles. The van der Waals surface area contributed by atoms with Crippen LogP contribution in [0.15, 0.2) is 54.6 Å². The van der Waals surface area contributed by atoms with Crippen molar-refractivity contribution in [3.05, 3.63) is 71.5 Å². The highest BCUT2D eigenvalue weighted by atomic mass is 32.2. The van der Waals surface area contributed by atoms with Gasteiger partial charge in [-0.2, -0.15) is 4.31 Å². The SMILES string of the molecule is CCS(=O)(=O)N(CCOC)CC(=O)N(Cc1cccc(F)c1)C1CCN(C(=O)NCc2ccccc2)CC1. The van der Waals surface area contributed by atoms with Gasteiger partial charge in [0, 0.05) is 45.9 Å². The first kappa shape index (κ1) is 29.5. The zero-order valence-corrected chi connectivity index (χ0v) is 22.8. The number of rotatable bonds is 12. The Morgan fingerprint density at radius 2 is 1.76 bits per heavy atom. The van der Waals surface area contributed by atoms with Crippen LogP contribution in [0, 0.1) is 5.82 Å². The van der Waals surface area contributed by atoms with Crippen LogP contribution in [0.2, 0.25) is 0 Å². The molecule has 208 valence electrons. The van der Waals surface area contributed by atoms with Gasteiger partial charge in [-0.3, -0.25) is 4.79 Å². The van der Waals surface area contributed by atoms with Crippen LogP contribution >= 0.6 is 0 Å². The summed E-state index contributed by atoms with van der Waals surface area (Å²) in [5.41, 5.74) is 1.62. The van der Waals surface area contributed by atoms with E-state index in [1.165, 1.54) is 26.2 Å². The lowest BCUT2D eigenvalue weighted by Crippen LogP contribution is -2.52. The van der Waals surface area contributed by atoms with E-state index in [1.807, 2.05) is 30.3 Å². The first-order chi connectivity index (χ1) is 18.2. The van der Waals surface area contributed by atoms with Crippen molar-refractivity contribution in [3.8, 4) is 0 Å². The molecule has 2 aromatic carbocycles. The van der Waals surface area contributed by atoms with Crippen LogP contribution in [0.3, 0.4) is 0 Å². The predicted octanol–water partition coefficient (Wildman–Crippen LogP) is 2.83. The fourth-order valence-electron chi connectivity index (χ4n) is 4.45. The average molecular weight is 549 g/mol. The summed E-state index contributed by atoms with van der Waals surface area (Å²) in [5, 5.41) is 2.93. The van der Waals surface area contributed by atoms with E-state index in [-0.39, 0.29) is 50.0 Å². The second-order valence-electron chi connectivity index (χ2n) is 9.24. The van der Waals surface area contributed by atoms with Gasteiger partial charge in [-0.05, 0) is 43.0 Å². The van der Waals surface area contributed by atoms with Crippen LogP contribution in [0.5, 0.6) is 0 Å². The number of benzene rings is 2. The third-order valence-corrected chi connectivity index (χ3v) is 8.48. The van der Waals surface area contributed by atoms with Crippen LogP contribution in [0.1, 0.15) is 30.9 Å². The predicted molar refractivity (Wildman–Crippen MR) is 143 cm³/mol. The molecular weight excluding hydrogens is 511 g/mol. The highest BCUT2D eigenvalue weighted by molar-refractivity contribution is 7.89. The summed E-state index contributed by atoms with van der Waals surface area (Å²) >= 11 is 0. The number of halogens is 1. The summed E-state index contributed by atoms with van der Waals surface area (Å²) in [4.78, 5) is 29.6. The zero-order chi connectivity index (χ0) is 27.5. The molecule has 0 aromatic heterocycles. The Balaban J connectivity index is 1.69. The molecule has 38 heavy (non-hydrogen) atoms. The number of amides is 3. The Morgan fingerprint density at radius 3 is 2.39 bits per heavy atom. The molecule has 1 aliphatic rings. The number of urea groups is 1. The first-order valence-corrected chi connectivity index (χ1v) is 14.4. The second kappa shape index (κ2) is 14.2. The van der Waals surface area contributed by atoms with Crippen molar-refractivity contribution < 1.29 is 27.1 Å². The first-order valence-electron chi connectivity index (χ1n) is 12.8. The highest BCUT2D eigenvalue weighted by Crippen LogP contribution is 2.21. The van der Waals surface area contributed by atoms with E-state index in [0.717, 1.165) is 9.87 Å². The number of likely N-dealkylation sites (tertiary alicyclic amines) is 1. The molecule has 0 radical (unpaired) electrons. The number of hydrogen-bond donors (Lipinski definition) is 1. The molecule has 0 bridgehead atoms. The molecule has 1 N–H and O–H groups in total. The molecule has 1 fully saturated rings. The number of nitrogens with one attached hydrogen (secondary N) is 1. The van der Waals surface area contributed by atoms with Gasteiger partial charge in [0.15, 0.2) is 0 Å². The third kappa shape index (κ3) is 8.50. The van der Waals surface area contributed by atoms with E-state index < -0.39 is 15.8 Å². The average Bonchev–Trinajstić information content (AvgIpc) is 2.93. The Kier molecular flexibility index (Phi) is 11.1. The van der Waals surface area contributed by atoms with Crippen molar-refractivity contribution in [1.29, 1.82) is 0 Å². The summed E-state index contributed by atoms with van der Waals surface area (Å²) in [6.45, 7) is 2.88. The molecular formula is C27H37FN4O5S. The number of methoxy groups -OCH3 is 1. The number of ether oxygens (including phenoxy) is 1. The number of nitrogens with zero attached hydrogens (tertiary/aromatic N) is 3. The quantitative estimate of drug-likeness (QED) is 0.440. The van der Waals surface area contributed by atoms with Gasteiger partial charge in [-0.15, -0.1) is 0 Å². The van der Waals surface area contributed by atoms with Gasteiger partial charge >= 0.3 is 6.03 Å². The fraction of sp³-hybridized carbons (Fsp3) is 0.481. The van der Waals surface area contributed by atoms with Gasteiger partial charge in [0.25, 0.3) is 0 Å². The molecule has 0 unspecified atom stereocenters. The molecule has 2 aromatic rings. The topological polar surface area (TPSA) is 99.3 Å². The number of hydrogen-bond acceptors (Lipinski definition) is 5. The van der Waals surface area contributed by atoms with E-state index in [4.69, 9.17) is 4.74 Å². The summed E-state index contributed by atoms with van der Waals surface area (Å²) < 4.78 is 45.3. The largest absolute Gasteiger partial charge is 0.383 e. The van der Waals surface area contributed by atoms with Crippen molar-refractivity contribution in [2.45, 2.75) is 38.9 Å². The molecule has 9 nitrogen and oxygen atoms in total. The summed E-state index contributed by atoms with van der Waals surface area (Å²) in [7, 11) is -2.17. The number of piperidine rings is 1. The van der Waals surface area contributed by atoms with Crippen molar-refractivity contribution in [2.24, 2.45) is 0 Å². The van der Waals surface area contributed by atoms with Crippen molar-refractivity contribution in [3.63, 3.8) is 0 Å². The maximum absolute atomic E-state index is 13.9. The van der Waals surface area contributed by atoms with Gasteiger partial charge in [-0.25, -0.2) is 17.6 Å². The van der Waals surface area contributed by atoms with Gasteiger partial charge in [0.05, 0.1) is 18.9 Å². The number of carbonyl (C=O) groups excluding carboxylic acids is 2. The van der Waals surface area contributed by atoms with Crippen molar-refractivity contribution >= 4 is 22.0 Å². The van der Waals surface area contributed by atoms with Crippen molar-refractivity contribution in [2.75, 3.05) is 45.6 Å². The molecule has 0 saturated carbocycles. The summed E-state index contributed by atoms with van der Waals surface area (Å²) in [6.07, 6.45) is 1.05. The molecule has 3 amide bonds. The Labute approximate surface area is 224 Å². The molecule has 3 rings (SSSR count). The normalized spacial score (nSPS) is 14.5. The molecule has 0 atom stereocenters. The van der Waals surface area contributed by atoms with E-state index >= 15 is 0 Å². The minimum absolute atomic E-state index is 0.0618. The number of sulfonamides is 1. The molecule has 1 aliphatic heterocycles. The lowest BCUT2D eigenvalue weighted by atomic mass is 10.0. The summed E-state index contributed by atoms with van der Waals surface area (Å²) in [6, 6.07) is 15.3. The van der Waals surface area contributed by atoms with E-state index in [0.29, 0.717) is 38.0 Å². The standard InChI is InChI=1S/C27H37FN4O5S/c1-3-38(35,36)31(16-17-37-2)21-26(33)32(20-23-10-7-11-24(28)18-23)25-12-14-30(15-13-25)27(34)29-19-22-8-5-4-6-9-22/h4-11,18,25H,3,12-17,19-21H2,1-2H3,(H,29,34). The monoisotopic (exact) mass is 548 g/mol. The Bertz CT molecular complexity index is 1160. The molecule has 0 spiro atoms. The fourth-order valence-corrected chi connectivity index (χ4v) is 5.48. The summed E-state index contributed by atoms with van der Waals surface area (Å²) in [5.74, 6) is -0.908. The van der Waals surface area contributed by atoms with Crippen LogP contribution in [0.4, 0.5) is 9.18 Å². The minimum atomic E-state index is -3.64. The molecule has 0 aliphatic carbocycles. The van der Waals surface area contributed by atoms with Gasteiger partial charge < -0.3 is 19.9 Å². The molecule has 11 heteroatoms. The van der Waals surface area contributed by atoms with Crippen LogP contribution in [0.25, 0.3) is 0 Å². The second-order valence-corrected chi connectivity index (χ2v) is 11.5. The van der Waals surface area contributed by atoms with Crippen molar-refractivity contribution in [1.82, 2.24) is 19.4 Å². The van der Waals surface area contributed by atoms with Gasteiger partial charge in [0.1, 0.15) is 5.82 Å². The Morgan fingerprint density at radius 1 is 1.08 bits per heavy atom. The lowest BCUT2D eigenvalue weighted by Gasteiger charge is -2.39. The Hall–Kier alpha value is -3.02. The van der Waals surface area contributed by atoms with E-state index in [2.05, 4.69) is 5.32 Å². The highest BCUT2D eigenvalue weighted by Gasteiger charge is 2.32. The smallest absolute Gasteiger partial charge is 0.317 e. The van der Waals surface area contributed by atoms with E-state index in [1.54, 1.807) is 21.9 Å². The van der Waals surface area contributed by atoms with Crippen LogP contribution in [-0.2, 0) is 32.6 Å². The van der Waals surface area contributed by atoms with Crippen LogP contribution < -0.4 is 5.32 Å².